The summed E-state index contributed by atoms with van der Waals surface area (Å²) in [6, 6.07) is 5.27. The number of rotatable bonds is 5. The van der Waals surface area contributed by atoms with Crippen LogP contribution in [0.4, 0.5) is 5.69 Å². The van der Waals surface area contributed by atoms with Gasteiger partial charge in [0.05, 0.1) is 17.7 Å². The number of methoxy groups -OCH3 is 1. The monoisotopic (exact) mass is 296 g/mol. The lowest BCUT2D eigenvalue weighted by atomic mass is 9.91. The van der Waals surface area contributed by atoms with Crippen LogP contribution in [0.15, 0.2) is 18.2 Å². The van der Waals surface area contributed by atoms with Gasteiger partial charge >= 0.3 is 0 Å². The van der Waals surface area contributed by atoms with Gasteiger partial charge in [0.2, 0.25) is 5.91 Å². The van der Waals surface area contributed by atoms with Crippen molar-refractivity contribution >= 4 is 23.2 Å². The third kappa shape index (κ3) is 3.07. The molecule has 110 valence electrons. The molecule has 0 aliphatic carbocycles. The zero-order valence-electron chi connectivity index (χ0n) is 12.0. The molecule has 0 bridgehead atoms. The van der Waals surface area contributed by atoms with Crippen molar-refractivity contribution in [3.05, 3.63) is 23.2 Å². The van der Waals surface area contributed by atoms with E-state index in [9.17, 15) is 4.79 Å². The number of carbonyl (C=O) groups is 1. The maximum absolute atomic E-state index is 12.5. The minimum atomic E-state index is -0.429. The number of benzene rings is 1. The van der Waals surface area contributed by atoms with Crippen LogP contribution < -0.4 is 15.4 Å². The SMILES string of the molecule is CCCC1(C(=O)Nc2ccc(OC)c(Cl)c2)CCCN1. The third-order valence-corrected chi connectivity index (χ3v) is 4.06. The van der Waals surface area contributed by atoms with E-state index in [-0.39, 0.29) is 5.91 Å². The van der Waals surface area contributed by atoms with E-state index in [0.29, 0.717) is 16.5 Å². The largest absolute Gasteiger partial charge is 0.495 e. The predicted octanol–water partition coefficient (Wildman–Crippen LogP) is 3.21. The van der Waals surface area contributed by atoms with E-state index in [1.165, 1.54) is 0 Å². The van der Waals surface area contributed by atoms with Gasteiger partial charge in [-0.3, -0.25) is 4.79 Å². The number of hydrogen-bond donors (Lipinski definition) is 2. The van der Waals surface area contributed by atoms with Crippen LogP contribution in [-0.2, 0) is 4.79 Å². The van der Waals surface area contributed by atoms with Crippen LogP contribution in [0, 0.1) is 0 Å². The Bertz CT molecular complexity index is 485. The van der Waals surface area contributed by atoms with Crippen molar-refractivity contribution in [3.8, 4) is 5.75 Å². The molecule has 20 heavy (non-hydrogen) atoms. The van der Waals surface area contributed by atoms with Gasteiger partial charge in [0.25, 0.3) is 0 Å². The smallest absolute Gasteiger partial charge is 0.244 e. The Morgan fingerprint density at radius 2 is 2.35 bits per heavy atom. The summed E-state index contributed by atoms with van der Waals surface area (Å²) in [5.41, 5.74) is 0.270. The maximum atomic E-state index is 12.5. The highest BCUT2D eigenvalue weighted by atomic mass is 35.5. The molecule has 4 nitrogen and oxygen atoms in total. The summed E-state index contributed by atoms with van der Waals surface area (Å²) in [6.07, 6.45) is 3.75. The summed E-state index contributed by atoms with van der Waals surface area (Å²) in [5, 5.41) is 6.81. The van der Waals surface area contributed by atoms with E-state index < -0.39 is 5.54 Å². The number of anilines is 1. The summed E-state index contributed by atoms with van der Waals surface area (Å²) in [6.45, 7) is 3.00. The van der Waals surface area contributed by atoms with Crippen LogP contribution >= 0.6 is 11.6 Å². The lowest BCUT2D eigenvalue weighted by molar-refractivity contribution is -0.122. The Labute approximate surface area is 124 Å². The van der Waals surface area contributed by atoms with Crippen molar-refractivity contribution in [2.24, 2.45) is 0 Å². The molecule has 1 aromatic carbocycles. The van der Waals surface area contributed by atoms with Gasteiger partial charge in [0.15, 0.2) is 0 Å². The lowest BCUT2D eigenvalue weighted by Gasteiger charge is -2.27. The summed E-state index contributed by atoms with van der Waals surface area (Å²) in [7, 11) is 1.57. The van der Waals surface area contributed by atoms with Crippen molar-refractivity contribution in [2.45, 2.75) is 38.1 Å². The van der Waals surface area contributed by atoms with E-state index in [0.717, 1.165) is 32.2 Å². The molecule has 0 spiro atoms. The lowest BCUT2D eigenvalue weighted by Crippen LogP contribution is -2.50. The summed E-state index contributed by atoms with van der Waals surface area (Å²) >= 11 is 6.08. The molecule has 2 rings (SSSR count). The number of halogens is 1. The molecule has 0 saturated carbocycles. The van der Waals surface area contributed by atoms with Crippen LogP contribution in [0.5, 0.6) is 5.75 Å². The van der Waals surface area contributed by atoms with E-state index in [1.807, 2.05) is 0 Å². The molecule has 1 aliphatic heterocycles. The first-order valence-electron chi connectivity index (χ1n) is 7.01. The number of nitrogens with one attached hydrogen (secondary N) is 2. The van der Waals surface area contributed by atoms with Gasteiger partial charge in [-0.2, -0.15) is 0 Å². The molecule has 1 saturated heterocycles. The Morgan fingerprint density at radius 3 is 2.90 bits per heavy atom. The normalized spacial score (nSPS) is 21.8. The summed E-state index contributed by atoms with van der Waals surface area (Å²) < 4.78 is 5.11. The number of ether oxygens (including phenoxy) is 1. The first-order chi connectivity index (χ1) is 9.61. The van der Waals surface area contributed by atoms with Crippen LogP contribution in [0.3, 0.4) is 0 Å². The Morgan fingerprint density at radius 1 is 1.55 bits per heavy atom. The second-order valence-electron chi connectivity index (χ2n) is 5.17. The van der Waals surface area contributed by atoms with Crippen molar-refractivity contribution in [2.75, 3.05) is 19.0 Å². The van der Waals surface area contributed by atoms with Crippen molar-refractivity contribution in [1.82, 2.24) is 5.32 Å². The number of hydrogen-bond acceptors (Lipinski definition) is 3. The molecule has 2 N–H and O–H groups in total. The first-order valence-corrected chi connectivity index (χ1v) is 7.39. The fraction of sp³-hybridized carbons (Fsp3) is 0.533. The predicted molar refractivity (Wildman–Crippen MR) is 81.5 cm³/mol. The molecule has 1 fully saturated rings. The molecular weight excluding hydrogens is 276 g/mol. The first kappa shape index (κ1) is 15.1. The molecular formula is C15H21ClN2O2. The van der Waals surface area contributed by atoms with Crippen LogP contribution in [0.1, 0.15) is 32.6 Å². The van der Waals surface area contributed by atoms with Crippen LogP contribution in [0.2, 0.25) is 5.02 Å². The quantitative estimate of drug-likeness (QED) is 0.877. The third-order valence-electron chi connectivity index (χ3n) is 3.76. The highest BCUT2D eigenvalue weighted by molar-refractivity contribution is 6.32. The van der Waals surface area contributed by atoms with Crippen molar-refractivity contribution in [1.29, 1.82) is 0 Å². The molecule has 0 aromatic heterocycles. The minimum absolute atomic E-state index is 0.0260. The molecule has 5 heteroatoms. The van der Waals surface area contributed by atoms with Crippen molar-refractivity contribution < 1.29 is 9.53 Å². The van der Waals surface area contributed by atoms with E-state index >= 15 is 0 Å². The Kier molecular flexibility index (Phi) is 4.89. The van der Waals surface area contributed by atoms with Gasteiger partial charge in [0.1, 0.15) is 5.75 Å². The summed E-state index contributed by atoms with van der Waals surface area (Å²) in [5.74, 6) is 0.630. The Hall–Kier alpha value is -1.26. The van der Waals surface area contributed by atoms with Crippen LogP contribution in [-0.4, -0.2) is 25.1 Å². The molecule has 1 aliphatic rings. The molecule has 0 radical (unpaired) electrons. The number of amides is 1. The molecule has 1 aromatic rings. The Balaban J connectivity index is 2.12. The number of carbonyl (C=O) groups excluding carboxylic acids is 1. The molecule has 1 atom stereocenters. The maximum Gasteiger partial charge on any atom is 0.244 e. The second kappa shape index (κ2) is 6.46. The zero-order valence-corrected chi connectivity index (χ0v) is 12.7. The van der Waals surface area contributed by atoms with Crippen LogP contribution in [0.25, 0.3) is 0 Å². The zero-order chi connectivity index (χ0) is 14.6. The van der Waals surface area contributed by atoms with Gasteiger partial charge in [-0.1, -0.05) is 24.9 Å². The average molecular weight is 297 g/mol. The fourth-order valence-electron chi connectivity index (χ4n) is 2.75. The summed E-state index contributed by atoms with van der Waals surface area (Å²) in [4.78, 5) is 12.5. The van der Waals surface area contributed by atoms with Gasteiger partial charge < -0.3 is 15.4 Å². The highest BCUT2D eigenvalue weighted by Crippen LogP contribution is 2.30. The van der Waals surface area contributed by atoms with Crippen molar-refractivity contribution in [3.63, 3.8) is 0 Å². The fourth-order valence-corrected chi connectivity index (χ4v) is 3.01. The molecule has 1 heterocycles. The highest BCUT2D eigenvalue weighted by Gasteiger charge is 2.39. The molecule has 1 amide bonds. The van der Waals surface area contributed by atoms with Gasteiger partial charge in [-0.25, -0.2) is 0 Å². The average Bonchev–Trinajstić information content (AvgIpc) is 2.89. The van der Waals surface area contributed by atoms with Gasteiger partial charge in [-0.15, -0.1) is 0 Å². The van der Waals surface area contributed by atoms with Gasteiger partial charge in [0, 0.05) is 5.69 Å². The minimum Gasteiger partial charge on any atom is -0.495 e. The van der Waals surface area contributed by atoms with E-state index in [1.54, 1.807) is 25.3 Å². The molecule has 1 unspecified atom stereocenters. The topological polar surface area (TPSA) is 50.4 Å². The standard InChI is InChI=1S/C15H21ClN2O2/c1-3-7-15(8-4-9-17-15)14(19)18-11-5-6-13(20-2)12(16)10-11/h5-6,10,17H,3-4,7-9H2,1-2H3,(H,18,19). The second-order valence-corrected chi connectivity index (χ2v) is 5.57. The van der Waals surface area contributed by atoms with E-state index in [2.05, 4.69) is 17.6 Å². The van der Waals surface area contributed by atoms with E-state index in [4.69, 9.17) is 16.3 Å². The van der Waals surface area contributed by atoms with Gasteiger partial charge in [-0.05, 0) is 44.0 Å².